The second kappa shape index (κ2) is 12.4. The number of carbonyl (C=O) groups excluding carboxylic acids is 4. The third-order valence-corrected chi connectivity index (χ3v) is 7.49. The Morgan fingerprint density at radius 3 is 2.67 bits per heavy atom. The maximum absolute atomic E-state index is 13.9. The number of fused-ring (bicyclic) bond motifs is 1. The van der Waals surface area contributed by atoms with Gasteiger partial charge in [0.15, 0.2) is 5.69 Å². The smallest absolute Gasteiger partial charge is 0.274 e. The number of carbonyl (C=O) groups is 4. The zero-order chi connectivity index (χ0) is 28.1. The van der Waals surface area contributed by atoms with E-state index in [9.17, 15) is 19.2 Å². The molecule has 4 amide bonds. The van der Waals surface area contributed by atoms with Crippen molar-refractivity contribution in [3.05, 3.63) is 47.0 Å². The molecule has 2 aliphatic rings. The van der Waals surface area contributed by atoms with Gasteiger partial charge in [-0.1, -0.05) is 19.9 Å². The van der Waals surface area contributed by atoms with Crippen LogP contribution < -0.4 is 5.32 Å². The van der Waals surface area contributed by atoms with Crippen molar-refractivity contribution in [2.24, 2.45) is 13.0 Å². The number of likely N-dealkylation sites (N-methyl/N-ethyl adjacent to an activating group) is 1. The predicted octanol–water partition coefficient (Wildman–Crippen LogP) is 1.28. The summed E-state index contributed by atoms with van der Waals surface area (Å²) < 4.78 is 1.74. The van der Waals surface area contributed by atoms with E-state index in [0.29, 0.717) is 44.0 Å². The fourth-order valence-corrected chi connectivity index (χ4v) is 5.30. The molecule has 1 N–H and O–H groups in total. The summed E-state index contributed by atoms with van der Waals surface area (Å²) in [7, 11) is 3.42. The van der Waals surface area contributed by atoms with E-state index in [1.54, 1.807) is 36.1 Å². The third kappa shape index (κ3) is 6.63. The average Bonchev–Trinajstić information content (AvgIpc) is 3.25. The van der Waals surface area contributed by atoms with Gasteiger partial charge in [0, 0.05) is 57.2 Å². The Labute approximate surface area is 229 Å². The summed E-state index contributed by atoms with van der Waals surface area (Å²) in [4.78, 5) is 62.2. The molecule has 1 unspecified atom stereocenters. The monoisotopic (exact) mass is 537 g/mol. The van der Waals surface area contributed by atoms with Crippen molar-refractivity contribution in [3.63, 3.8) is 0 Å². The molecule has 2 aromatic rings. The summed E-state index contributed by atoms with van der Waals surface area (Å²) in [6, 6.07) is 5.01. The number of nitrogens with zero attached hydrogens (tertiary/aromatic N) is 6. The van der Waals surface area contributed by atoms with Crippen molar-refractivity contribution in [1.29, 1.82) is 0 Å². The van der Waals surface area contributed by atoms with Crippen LogP contribution in [-0.2, 0) is 29.5 Å². The van der Waals surface area contributed by atoms with Gasteiger partial charge in [-0.25, -0.2) is 0 Å². The summed E-state index contributed by atoms with van der Waals surface area (Å²) in [6.07, 6.45) is 4.78. The Kier molecular flexibility index (Phi) is 8.98. The van der Waals surface area contributed by atoms with Crippen LogP contribution in [0.25, 0.3) is 0 Å². The van der Waals surface area contributed by atoms with E-state index in [1.165, 1.54) is 9.80 Å². The molecule has 0 saturated heterocycles. The van der Waals surface area contributed by atoms with E-state index in [1.807, 2.05) is 11.9 Å². The molecule has 1 atom stereocenters. The van der Waals surface area contributed by atoms with Gasteiger partial charge in [0.05, 0.1) is 6.54 Å². The van der Waals surface area contributed by atoms with Crippen molar-refractivity contribution in [1.82, 2.24) is 34.8 Å². The van der Waals surface area contributed by atoms with E-state index in [4.69, 9.17) is 0 Å². The first kappa shape index (κ1) is 28.3. The zero-order valence-electron chi connectivity index (χ0n) is 23.4. The topological polar surface area (TPSA) is 121 Å². The molecule has 3 heterocycles. The molecule has 2 bridgehead atoms. The second-order valence-corrected chi connectivity index (χ2v) is 10.9. The second-order valence-electron chi connectivity index (χ2n) is 10.9. The molecule has 2 aromatic heterocycles. The molecule has 4 rings (SSSR count). The van der Waals surface area contributed by atoms with Gasteiger partial charge in [0.2, 0.25) is 11.8 Å². The first-order chi connectivity index (χ1) is 18.7. The fourth-order valence-electron chi connectivity index (χ4n) is 5.30. The Balaban J connectivity index is 1.68. The maximum Gasteiger partial charge on any atom is 0.274 e. The summed E-state index contributed by atoms with van der Waals surface area (Å²) in [6.45, 7) is 5.24. The molecule has 0 spiro atoms. The summed E-state index contributed by atoms with van der Waals surface area (Å²) in [5.41, 5.74) is 2.43. The average molecular weight is 538 g/mol. The highest BCUT2D eigenvalue weighted by Gasteiger charge is 2.35. The van der Waals surface area contributed by atoms with Crippen LogP contribution in [0.1, 0.15) is 65.3 Å². The highest BCUT2D eigenvalue weighted by Crippen LogP contribution is 2.28. The molecular weight excluding hydrogens is 498 g/mol. The normalized spacial score (nSPS) is 19.5. The number of aromatic nitrogens is 3. The molecule has 0 fully saturated rings. The standard InChI is InChI=1S/C28H39N7O4/c1-19(2)11-15-35-20-9-10-23-21(16-20)26(31-33(23)4)28(39)32(3)17-24(36)30-13-7-14-34(18-25(35)37)27(38)22-8-5-6-12-29-22/h5-6,8,12,19-20H,7,9-11,13-18H2,1-4H3,(H,30,36). The zero-order valence-corrected chi connectivity index (χ0v) is 23.4. The third-order valence-electron chi connectivity index (χ3n) is 7.49. The number of hydrogen-bond acceptors (Lipinski definition) is 6. The van der Waals surface area contributed by atoms with E-state index < -0.39 is 0 Å². The molecule has 210 valence electrons. The van der Waals surface area contributed by atoms with Gasteiger partial charge in [-0.05, 0) is 50.2 Å². The Morgan fingerprint density at radius 1 is 1.15 bits per heavy atom. The lowest BCUT2D eigenvalue weighted by molar-refractivity contribution is -0.134. The minimum atomic E-state index is -0.314. The number of pyridine rings is 1. The molecule has 1 aliphatic carbocycles. The van der Waals surface area contributed by atoms with Crippen molar-refractivity contribution < 1.29 is 19.2 Å². The molecule has 11 nitrogen and oxygen atoms in total. The van der Waals surface area contributed by atoms with Crippen LogP contribution in [0.4, 0.5) is 0 Å². The number of amides is 4. The minimum Gasteiger partial charge on any atom is -0.354 e. The molecular formula is C28H39N7O4. The number of rotatable bonds is 4. The van der Waals surface area contributed by atoms with Gasteiger partial charge in [0.1, 0.15) is 12.2 Å². The van der Waals surface area contributed by atoms with Gasteiger partial charge < -0.3 is 20.0 Å². The lowest BCUT2D eigenvalue weighted by Gasteiger charge is -2.36. The van der Waals surface area contributed by atoms with Gasteiger partial charge >= 0.3 is 0 Å². The highest BCUT2D eigenvalue weighted by atomic mass is 16.2. The van der Waals surface area contributed by atoms with Crippen LogP contribution in [0, 0.1) is 5.92 Å². The van der Waals surface area contributed by atoms with Crippen molar-refractivity contribution in [2.75, 3.05) is 39.8 Å². The Bertz CT molecular complexity index is 1210. The predicted molar refractivity (Wildman–Crippen MR) is 145 cm³/mol. The number of aryl methyl sites for hydroxylation is 1. The van der Waals surface area contributed by atoms with Crippen LogP contribution >= 0.6 is 0 Å². The van der Waals surface area contributed by atoms with E-state index in [-0.39, 0.29) is 55.0 Å². The lowest BCUT2D eigenvalue weighted by atomic mass is 9.89. The van der Waals surface area contributed by atoms with Crippen LogP contribution in [0.2, 0.25) is 0 Å². The van der Waals surface area contributed by atoms with Gasteiger partial charge in [-0.3, -0.25) is 28.8 Å². The highest BCUT2D eigenvalue weighted by molar-refractivity contribution is 5.96. The quantitative estimate of drug-likeness (QED) is 0.627. The van der Waals surface area contributed by atoms with E-state index in [2.05, 4.69) is 29.2 Å². The summed E-state index contributed by atoms with van der Waals surface area (Å²) >= 11 is 0. The Morgan fingerprint density at radius 2 is 1.95 bits per heavy atom. The lowest BCUT2D eigenvalue weighted by Crippen LogP contribution is -2.50. The largest absolute Gasteiger partial charge is 0.354 e. The van der Waals surface area contributed by atoms with Crippen molar-refractivity contribution in [3.8, 4) is 0 Å². The fraction of sp³-hybridized carbons (Fsp3) is 0.571. The van der Waals surface area contributed by atoms with Crippen LogP contribution in [0.3, 0.4) is 0 Å². The van der Waals surface area contributed by atoms with Crippen LogP contribution in [-0.4, -0.2) is 98.9 Å². The summed E-state index contributed by atoms with van der Waals surface area (Å²) in [5.74, 6) is -0.637. The van der Waals surface area contributed by atoms with Crippen molar-refractivity contribution >= 4 is 23.6 Å². The molecule has 0 saturated carbocycles. The Hall–Kier alpha value is -3.76. The first-order valence-corrected chi connectivity index (χ1v) is 13.7. The molecule has 0 radical (unpaired) electrons. The van der Waals surface area contributed by atoms with E-state index in [0.717, 1.165) is 24.1 Å². The first-order valence-electron chi connectivity index (χ1n) is 13.7. The van der Waals surface area contributed by atoms with E-state index >= 15 is 0 Å². The number of hydrogen-bond donors (Lipinski definition) is 1. The SMILES string of the molecule is CC(C)CCN1C(=O)CN(C(=O)c2ccccn2)CCCNC(=O)CN(C)C(=O)c2nn(C)c3c2CC1CC3. The van der Waals surface area contributed by atoms with Gasteiger partial charge in [-0.2, -0.15) is 5.10 Å². The maximum atomic E-state index is 13.9. The summed E-state index contributed by atoms with van der Waals surface area (Å²) in [5, 5.41) is 7.35. The molecule has 1 aliphatic heterocycles. The van der Waals surface area contributed by atoms with Crippen LogP contribution in [0.15, 0.2) is 24.4 Å². The number of nitrogens with one attached hydrogen (secondary N) is 1. The minimum absolute atomic E-state index is 0.0770. The van der Waals surface area contributed by atoms with Crippen molar-refractivity contribution in [2.45, 2.75) is 52.0 Å². The van der Waals surface area contributed by atoms with Crippen LogP contribution in [0.5, 0.6) is 0 Å². The van der Waals surface area contributed by atoms with Gasteiger partial charge in [0.25, 0.3) is 11.8 Å². The molecule has 0 aromatic carbocycles. The molecule has 39 heavy (non-hydrogen) atoms. The van der Waals surface area contributed by atoms with Gasteiger partial charge in [-0.15, -0.1) is 0 Å². The molecule has 11 heteroatoms.